The highest BCUT2D eigenvalue weighted by molar-refractivity contribution is 7.08. The molecule has 1 N–H and O–H groups in total. The first-order valence-electron chi connectivity index (χ1n) is 8.34. The van der Waals surface area contributed by atoms with Gasteiger partial charge in [-0.3, -0.25) is 4.90 Å². The Labute approximate surface area is 141 Å². The Morgan fingerprint density at radius 2 is 1.91 bits per heavy atom. The van der Waals surface area contributed by atoms with E-state index in [9.17, 15) is 0 Å². The summed E-state index contributed by atoms with van der Waals surface area (Å²) in [5.74, 6) is 1.12. The van der Waals surface area contributed by atoms with Crippen molar-refractivity contribution in [3.05, 3.63) is 40.6 Å². The molecule has 0 atom stereocenters. The smallest absolute Gasteiger partial charge is 0.139 e. The first-order chi connectivity index (χ1) is 11.3. The molecule has 1 fully saturated rings. The number of rotatable bonds is 2. The Morgan fingerprint density at radius 1 is 1.09 bits per heavy atom. The Balaban J connectivity index is 1.66. The number of fused-ring (bicyclic) bond motifs is 2. The van der Waals surface area contributed by atoms with Gasteiger partial charge >= 0.3 is 0 Å². The normalized spacial score (nSPS) is 17.8. The summed E-state index contributed by atoms with van der Waals surface area (Å²) in [5.41, 5.74) is 4.52. The zero-order valence-electron chi connectivity index (χ0n) is 13.5. The van der Waals surface area contributed by atoms with Gasteiger partial charge in [-0.25, -0.2) is 4.99 Å². The predicted octanol–water partition coefficient (Wildman–Crippen LogP) is 3.91. The first-order valence-corrected chi connectivity index (χ1v) is 9.28. The molecule has 120 valence electrons. The van der Waals surface area contributed by atoms with Crippen molar-refractivity contribution in [2.45, 2.75) is 13.3 Å². The third kappa shape index (κ3) is 2.86. The van der Waals surface area contributed by atoms with Crippen LogP contribution in [0.5, 0.6) is 0 Å². The van der Waals surface area contributed by atoms with Gasteiger partial charge in [-0.2, -0.15) is 0 Å². The first kappa shape index (κ1) is 14.7. The third-order valence-corrected chi connectivity index (χ3v) is 5.26. The van der Waals surface area contributed by atoms with E-state index >= 15 is 0 Å². The highest BCUT2D eigenvalue weighted by Gasteiger charge is 2.25. The minimum absolute atomic E-state index is 1.03. The molecule has 2 aliphatic rings. The number of benzene rings is 1. The summed E-state index contributed by atoms with van der Waals surface area (Å²) < 4.78 is 0. The lowest BCUT2D eigenvalue weighted by molar-refractivity contribution is 0.183. The van der Waals surface area contributed by atoms with Crippen molar-refractivity contribution in [1.29, 1.82) is 0 Å². The maximum atomic E-state index is 5.02. The van der Waals surface area contributed by atoms with Crippen LogP contribution in [-0.4, -0.2) is 48.4 Å². The standard InChI is InChI=1S/C18H22N4S/c1-2-7-21-8-10-22(11-9-21)18-14-12-23-13-17(14)19-15-5-3-4-6-16(15)20-18/h3-6,12-13,19H,2,7-11H2,1H3. The van der Waals surface area contributed by atoms with Gasteiger partial charge in [0.2, 0.25) is 0 Å². The number of nitrogens with zero attached hydrogens (tertiary/aromatic N) is 3. The topological polar surface area (TPSA) is 30.9 Å². The summed E-state index contributed by atoms with van der Waals surface area (Å²) in [5, 5.41) is 7.93. The van der Waals surface area contributed by atoms with Crippen LogP contribution in [0, 0.1) is 0 Å². The molecule has 0 spiro atoms. The Hall–Kier alpha value is -1.85. The van der Waals surface area contributed by atoms with Crippen LogP contribution in [0.4, 0.5) is 17.1 Å². The van der Waals surface area contributed by atoms with Gasteiger partial charge in [-0.05, 0) is 25.1 Å². The van der Waals surface area contributed by atoms with Gasteiger partial charge in [0.25, 0.3) is 0 Å². The maximum absolute atomic E-state index is 5.02. The van der Waals surface area contributed by atoms with E-state index in [0.29, 0.717) is 0 Å². The lowest BCUT2D eigenvalue weighted by Crippen LogP contribution is -2.48. The van der Waals surface area contributed by atoms with E-state index in [-0.39, 0.29) is 0 Å². The molecule has 5 heteroatoms. The van der Waals surface area contributed by atoms with Crippen LogP contribution in [0.1, 0.15) is 18.9 Å². The Kier molecular flexibility index (Phi) is 4.06. The number of thiophene rings is 1. The fourth-order valence-electron chi connectivity index (χ4n) is 3.30. The average Bonchev–Trinajstić information content (AvgIpc) is 2.97. The van der Waals surface area contributed by atoms with Crippen LogP contribution >= 0.6 is 11.3 Å². The van der Waals surface area contributed by atoms with Gasteiger partial charge < -0.3 is 10.2 Å². The molecule has 0 aliphatic carbocycles. The highest BCUT2D eigenvalue weighted by atomic mass is 32.1. The van der Waals surface area contributed by atoms with E-state index < -0.39 is 0 Å². The minimum atomic E-state index is 1.03. The predicted molar refractivity (Wildman–Crippen MR) is 98.5 cm³/mol. The molecule has 1 aromatic carbocycles. The monoisotopic (exact) mass is 326 g/mol. The van der Waals surface area contributed by atoms with Crippen molar-refractivity contribution >= 4 is 34.2 Å². The van der Waals surface area contributed by atoms with Gasteiger partial charge in [0.1, 0.15) is 5.84 Å². The third-order valence-electron chi connectivity index (χ3n) is 4.51. The van der Waals surface area contributed by atoms with Crippen LogP contribution in [0.3, 0.4) is 0 Å². The van der Waals surface area contributed by atoms with E-state index in [2.05, 4.69) is 57.1 Å². The number of aliphatic imine (C=N–C) groups is 1. The van der Waals surface area contributed by atoms with Crippen LogP contribution in [0.2, 0.25) is 0 Å². The number of hydrogen-bond acceptors (Lipinski definition) is 5. The van der Waals surface area contributed by atoms with E-state index in [0.717, 1.165) is 43.4 Å². The molecule has 0 amide bonds. The zero-order chi connectivity index (χ0) is 15.6. The molecule has 4 rings (SSSR count). The summed E-state index contributed by atoms with van der Waals surface area (Å²) in [6.07, 6.45) is 1.23. The molecule has 3 heterocycles. The maximum Gasteiger partial charge on any atom is 0.139 e. The second-order valence-corrected chi connectivity index (χ2v) is 6.85. The number of piperazine rings is 1. The van der Waals surface area contributed by atoms with Crippen LogP contribution in [0.25, 0.3) is 0 Å². The summed E-state index contributed by atoms with van der Waals surface area (Å²) in [4.78, 5) is 10.0. The molecular formula is C18H22N4S. The van der Waals surface area contributed by atoms with E-state index in [1.807, 2.05) is 0 Å². The van der Waals surface area contributed by atoms with Gasteiger partial charge in [0, 0.05) is 36.9 Å². The molecule has 0 bridgehead atoms. The van der Waals surface area contributed by atoms with Gasteiger partial charge in [-0.1, -0.05) is 19.1 Å². The van der Waals surface area contributed by atoms with Gasteiger partial charge in [-0.15, -0.1) is 11.3 Å². The van der Waals surface area contributed by atoms with Crippen molar-refractivity contribution in [1.82, 2.24) is 9.80 Å². The molecular weight excluding hydrogens is 304 g/mol. The van der Waals surface area contributed by atoms with Gasteiger partial charge in [0.05, 0.1) is 22.6 Å². The number of anilines is 2. The number of hydrogen-bond donors (Lipinski definition) is 1. The molecule has 23 heavy (non-hydrogen) atoms. The van der Waals surface area contributed by atoms with Gasteiger partial charge in [0.15, 0.2) is 0 Å². The summed E-state index contributed by atoms with van der Waals surface area (Å²) in [7, 11) is 0. The molecule has 2 aromatic rings. The number of para-hydroxylation sites is 2. The van der Waals surface area contributed by atoms with Crippen LogP contribution in [-0.2, 0) is 0 Å². The molecule has 2 aliphatic heterocycles. The molecule has 1 saturated heterocycles. The Morgan fingerprint density at radius 3 is 2.74 bits per heavy atom. The second kappa shape index (κ2) is 6.34. The minimum Gasteiger partial charge on any atom is -0.353 e. The molecule has 0 unspecified atom stereocenters. The van der Waals surface area contributed by atoms with Crippen molar-refractivity contribution in [3.8, 4) is 0 Å². The molecule has 0 saturated carbocycles. The fraction of sp³-hybridized carbons (Fsp3) is 0.389. The molecule has 1 aromatic heterocycles. The van der Waals surface area contributed by atoms with E-state index in [1.165, 1.54) is 24.2 Å². The largest absolute Gasteiger partial charge is 0.353 e. The molecule has 4 nitrogen and oxygen atoms in total. The van der Waals surface area contributed by atoms with Crippen molar-refractivity contribution in [2.75, 3.05) is 38.0 Å². The van der Waals surface area contributed by atoms with E-state index in [1.54, 1.807) is 11.3 Å². The van der Waals surface area contributed by atoms with Crippen LogP contribution < -0.4 is 5.32 Å². The SMILES string of the molecule is CCCN1CCN(C2=Nc3ccccc3Nc3cscc32)CC1. The van der Waals surface area contributed by atoms with Crippen LogP contribution in [0.15, 0.2) is 40.0 Å². The number of amidine groups is 1. The quantitative estimate of drug-likeness (QED) is 0.908. The summed E-state index contributed by atoms with van der Waals surface area (Å²) in [6, 6.07) is 8.30. The lowest BCUT2D eigenvalue weighted by Gasteiger charge is -2.36. The summed E-state index contributed by atoms with van der Waals surface area (Å²) >= 11 is 1.74. The lowest BCUT2D eigenvalue weighted by atomic mass is 10.2. The van der Waals surface area contributed by atoms with E-state index in [4.69, 9.17) is 4.99 Å². The zero-order valence-corrected chi connectivity index (χ0v) is 14.3. The Bertz CT molecular complexity index is 713. The average molecular weight is 326 g/mol. The fourth-order valence-corrected chi connectivity index (χ4v) is 4.06. The summed E-state index contributed by atoms with van der Waals surface area (Å²) in [6.45, 7) is 7.81. The highest BCUT2D eigenvalue weighted by Crippen LogP contribution is 2.36. The number of nitrogens with one attached hydrogen (secondary N) is 1. The van der Waals surface area contributed by atoms with Crippen molar-refractivity contribution < 1.29 is 0 Å². The molecule has 0 radical (unpaired) electrons. The second-order valence-electron chi connectivity index (χ2n) is 6.11. The van der Waals surface area contributed by atoms with Crippen molar-refractivity contribution in [2.24, 2.45) is 4.99 Å². The van der Waals surface area contributed by atoms with Crippen molar-refractivity contribution in [3.63, 3.8) is 0 Å².